The molecular weight excluding hydrogens is 664 g/mol. The molecule has 1 fully saturated rings. The average molecular weight is 715 g/mol. The summed E-state index contributed by atoms with van der Waals surface area (Å²) in [4.78, 5) is 20.7. The van der Waals surface area contributed by atoms with Crippen LogP contribution < -0.4 is 9.64 Å². The van der Waals surface area contributed by atoms with Crippen molar-refractivity contribution in [2.24, 2.45) is 0 Å². The van der Waals surface area contributed by atoms with Gasteiger partial charge in [0.25, 0.3) is 0 Å². The molecule has 0 aliphatic carbocycles. The second kappa shape index (κ2) is 15.6. The number of aryl methyl sites for hydroxylation is 2. The molecule has 4 aromatic rings. The molecule has 1 unspecified atom stereocenters. The number of nitrogens with zero attached hydrogens (tertiary/aromatic N) is 4. The van der Waals surface area contributed by atoms with Crippen LogP contribution in [0.25, 0.3) is 28.0 Å². The van der Waals surface area contributed by atoms with E-state index in [-0.39, 0.29) is 11.7 Å². The van der Waals surface area contributed by atoms with Crippen LogP contribution >= 0.6 is 11.6 Å². The first-order chi connectivity index (χ1) is 24.2. The predicted octanol–water partition coefficient (Wildman–Crippen LogP) is 9.27. The van der Waals surface area contributed by atoms with E-state index in [2.05, 4.69) is 50.1 Å². The number of halogens is 1. The molecule has 51 heavy (non-hydrogen) atoms. The summed E-state index contributed by atoms with van der Waals surface area (Å²) in [6.07, 6.45) is 4.79. The lowest BCUT2D eigenvalue weighted by atomic mass is 9.92. The summed E-state index contributed by atoms with van der Waals surface area (Å²) in [5.41, 5.74) is 5.42. The third kappa shape index (κ3) is 8.49. The molecule has 0 radical (unpaired) electrons. The van der Waals surface area contributed by atoms with Crippen molar-refractivity contribution in [3.63, 3.8) is 0 Å². The van der Waals surface area contributed by atoms with Gasteiger partial charge in [-0.2, -0.15) is 9.61 Å². The van der Waals surface area contributed by atoms with Gasteiger partial charge in [0, 0.05) is 42.4 Å². The summed E-state index contributed by atoms with van der Waals surface area (Å²) in [7, 11) is 1.38. The number of esters is 1. The Bertz CT molecular complexity index is 1900. The molecule has 2 atom stereocenters. The molecule has 0 N–H and O–H groups in total. The lowest BCUT2D eigenvalue weighted by Crippen LogP contribution is -2.45. The Morgan fingerprint density at radius 3 is 2.47 bits per heavy atom. The molecule has 2 aromatic heterocycles. The fourth-order valence-corrected chi connectivity index (χ4v) is 6.83. The standard InChI is InChI=1S/C41H51ClN4O5/c1-11-14-27(4)50-33-16-13-15-31(42)36(33)30-24-29(18-17-26(30)3)32-25-34-43-28(5)35(37(39(47)48-10)51-40(6,7)8)38(46(34)44-32)45-21-19-41(9,20-22-45)49-23-12-2/h11-13,15-18,24-25,27,37H,1-2,14,19-23H2,3-10H3/t27?,37-/m0/s1. The van der Waals surface area contributed by atoms with Crippen molar-refractivity contribution in [3.05, 3.63) is 89.6 Å². The molecule has 2 aromatic carbocycles. The number of anilines is 1. The first-order valence-electron chi connectivity index (χ1n) is 17.5. The van der Waals surface area contributed by atoms with E-state index in [1.165, 1.54) is 7.11 Å². The maximum atomic E-state index is 13.4. The lowest BCUT2D eigenvalue weighted by Gasteiger charge is -2.41. The van der Waals surface area contributed by atoms with Gasteiger partial charge in [0.1, 0.15) is 11.6 Å². The van der Waals surface area contributed by atoms with Crippen molar-refractivity contribution < 1.29 is 23.7 Å². The molecule has 1 saturated heterocycles. The minimum atomic E-state index is -1.02. The Labute approximate surface area is 307 Å². The van der Waals surface area contributed by atoms with E-state index in [0.29, 0.717) is 53.8 Å². The molecule has 9 nitrogen and oxygen atoms in total. The largest absolute Gasteiger partial charge is 0.490 e. The summed E-state index contributed by atoms with van der Waals surface area (Å²) >= 11 is 6.86. The summed E-state index contributed by atoms with van der Waals surface area (Å²) in [6.45, 7) is 23.4. The number of piperidine rings is 1. The molecule has 0 amide bonds. The molecule has 5 rings (SSSR count). The van der Waals surface area contributed by atoms with E-state index in [1.807, 2.05) is 69.5 Å². The minimum Gasteiger partial charge on any atom is -0.490 e. The predicted molar refractivity (Wildman–Crippen MR) is 205 cm³/mol. The van der Waals surface area contributed by atoms with E-state index in [0.717, 1.165) is 46.6 Å². The van der Waals surface area contributed by atoms with Crippen LogP contribution in [0.4, 0.5) is 5.82 Å². The second-order valence-corrected chi connectivity index (χ2v) is 14.9. The van der Waals surface area contributed by atoms with Gasteiger partial charge in [0.2, 0.25) is 0 Å². The van der Waals surface area contributed by atoms with Crippen molar-refractivity contribution >= 4 is 29.0 Å². The lowest BCUT2D eigenvalue weighted by molar-refractivity contribution is -0.164. The van der Waals surface area contributed by atoms with Gasteiger partial charge in [-0.05, 0) is 90.6 Å². The van der Waals surface area contributed by atoms with Crippen molar-refractivity contribution in [2.45, 2.75) is 91.1 Å². The minimum absolute atomic E-state index is 0.0687. The zero-order valence-corrected chi connectivity index (χ0v) is 32.0. The van der Waals surface area contributed by atoms with E-state index in [9.17, 15) is 4.79 Å². The maximum Gasteiger partial charge on any atom is 0.339 e. The molecule has 3 heterocycles. The Balaban J connectivity index is 1.67. The second-order valence-electron chi connectivity index (χ2n) is 14.5. The highest BCUT2D eigenvalue weighted by atomic mass is 35.5. The van der Waals surface area contributed by atoms with Gasteiger partial charge in [-0.1, -0.05) is 42.0 Å². The van der Waals surface area contributed by atoms with Crippen molar-refractivity contribution in [1.29, 1.82) is 0 Å². The summed E-state index contributed by atoms with van der Waals surface area (Å²) in [6, 6.07) is 13.9. The molecule has 1 aliphatic heterocycles. The number of ether oxygens (including phenoxy) is 4. The van der Waals surface area contributed by atoms with Crippen LogP contribution in [0.3, 0.4) is 0 Å². The normalized spacial score (nSPS) is 15.7. The third-order valence-corrected chi connectivity index (χ3v) is 9.54. The summed E-state index contributed by atoms with van der Waals surface area (Å²) < 4.78 is 26.1. The molecular formula is C41H51ClN4O5. The van der Waals surface area contributed by atoms with Crippen molar-refractivity contribution in [3.8, 4) is 28.1 Å². The summed E-state index contributed by atoms with van der Waals surface area (Å²) in [5, 5.41) is 5.77. The van der Waals surface area contributed by atoms with E-state index >= 15 is 0 Å². The van der Waals surface area contributed by atoms with Crippen LogP contribution in [-0.4, -0.2) is 64.7 Å². The van der Waals surface area contributed by atoms with Crippen LogP contribution in [0.1, 0.15) is 76.8 Å². The van der Waals surface area contributed by atoms with Gasteiger partial charge in [0.15, 0.2) is 11.8 Å². The molecule has 0 bridgehead atoms. The molecule has 1 aliphatic rings. The number of aromatic nitrogens is 3. The van der Waals surface area contributed by atoms with Gasteiger partial charge in [0.05, 0.1) is 47.3 Å². The Morgan fingerprint density at radius 2 is 1.82 bits per heavy atom. The number of rotatable bonds is 13. The fourth-order valence-electron chi connectivity index (χ4n) is 6.56. The number of hydrogen-bond acceptors (Lipinski definition) is 8. The highest BCUT2D eigenvalue weighted by Crippen LogP contribution is 2.42. The Hall–Kier alpha value is -4.18. The van der Waals surface area contributed by atoms with Gasteiger partial charge >= 0.3 is 5.97 Å². The highest BCUT2D eigenvalue weighted by Gasteiger charge is 2.38. The number of fused-ring (bicyclic) bond motifs is 1. The molecule has 0 saturated carbocycles. The smallest absolute Gasteiger partial charge is 0.339 e. The van der Waals surface area contributed by atoms with Crippen LogP contribution in [0, 0.1) is 13.8 Å². The number of hydrogen-bond donors (Lipinski definition) is 0. The topological polar surface area (TPSA) is 87.4 Å². The van der Waals surface area contributed by atoms with Crippen LogP contribution in [0.2, 0.25) is 5.02 Å². The molecule has 10 heteroatoms. The first kappa shape index (κ1) is 38.1. The Morgan fingerprint density at radius 1 is 1.10 bits per heavy atom. The monoisotopic (exact) mass is 714 g/mol. The highest BCUT2D eigenvalue weighted by molar-refractivity contribution is 6.33. The fraction of sp³-hybridized carbons (Fsp3) is 0.439. The average Bonchev–Trinajstić information content (AvgIpc) is 3.50. The van der Waals surface area contributed by atoms with Crippen LogP contribution in [0.15, 0.2) is 67.8 Å². The van der Waals surface area contributed by atoms with Crippen LogP contribution in [-0.2, 0) is 19.0 Å². The maximum absolute atomic E-state index is 13.4. The number of benzene rings is 2. The number of carbonyl (C=O) groups excluding carboxylic acids is 1. The van der Waals surface area contributed by atoms with E-state index in [1.54, 1.807) is 6.08 Å². The van der Waals surface area contributed by atoms with Gasteiger partial charge in [-0.3, -0.25) is 0 Å². The molecule has 0 spiro atoms. The third-order valence-electron chi connectivity index (χ3n) is 9.23. The quantitative estimate of drug-likeness (QED) is 0.100. The van der Waals surface area contributed by atoms with Gasteiger partial charge in [-0.25, -0.2) is 9.78 Å². The van der Waals surface area contributed by atoms with Crippen molar-refractivity contribution in [2.75, 3.05) is 31.7 Å². The van der Waals surface area contributed by atoms with E-state index in [4.69, 9.17) is 40.6 Å². The van der Waals surface area contributed by atoms with E-state index < -0.39 is 17.7 Å². The number of methoxy groups -OCH3 is 1. The SMILES string of the molecule is C=CCOC1(C)CCN(c2c([C@H](OC(C)(C)C)C(=O)OC)c(C)nc3cc(-c4ccc(C)c(-c5c(Cl)cccc5OC(C)CC=C)c4)nn23)CC1. The van der Waals surface area contributed by atoms with Gasteiger partial charge < -0.3 is 23.8 Å². The first-order valence-corrected chi connectivity index (χ1v) is 17.9. The van der Waals surface area contributed by atoms with Crippen LogP contribution in [0.5, 0.6) is 5.75 Å². The Kier molecular flexibility index (Phi) is 11.6. The molecule has 272 valence electrons. The zero-order valence-electron chi connectivity index (χ0n) is 31.2. The summed E-state index contributed by atoms with van der Waals surface area (Å²) in [5.74, 6) is 0.958. The van der Waals surface area contributed by atoms with Gasteiger partial charge in [-0.15, -0.1) is 13.2 Å². The number of carbonyl (C=O) groups is 1. The van der Waals surface area contributed by atoms with Crippen molar-refractivity contribution in [1.82, 2.24) is 14.6 Å². The zero-order chi connectivity index (χ0) is 37.1.